The van der Waals surface area contributed by atoms with Gasteiger partial charge in [-0.15, -0.1) is 0 Å². The van der Waals surface area contributed by atoms with Gasteiger partial charge in [0.15, 0.2) is 0 Å². The van der Waals surface area contributed by atoms with Crippen LogP contribution in [0.3, 0.4) is 0 Å². The average Bonchev–Trinajstić information content (AvgIpc) is 3.10. The van der Waals surface area contributed by atoms with Gasteiger partial charge in [-0.1, -0.05) is 24.4 Å². The average molecular weight is 477 g/mol. The first-order valence-corrected chi connectivity index (χ1v) is 13.0. The summed E-state index contributed by atoms with van der Waals surface area (Å²) in [5.41, 5.74) is 1.56. The van der Waals surface area contributed by atoms with Gasteiger partial charge in [0.1, 0.15) is 4.90 Å². The number of aromatic nitrogens is 1. The topological polar surface area (TPSA) is 73.8 Å². The van der Waals surface area contributed by atoms with Crippen LogP contribution in [0.5, 0.6) is 0 Å². The number of piperazine rings is 1. The number of pyridine rings is 1. The Balaban J connectivity index is 1.44. The van der Waals surface area contributed by atoms with Crippen molar-refractivity contribution >= 4 is 27.5 Å². The van der Waals surface area contributed by atoms with Gasteiger partial charge in [0.2, 0.25) is 10.0 Å². The molecule has 0 aliphatic carbocycles. The summed E-state index contributed by atoms with van der Waals surface area (Å²) in [7, 11) is -3.73. The summed E-state index contributed by atoms with van der Waals surface area (Å²) >= 11 is 6.29. The van der Waals surface area contributed by atoms with E-state index >= 15 is 0 Å². The van der Waals surface area contributed by atoms with Crippen LogP contribution in [0.2, 0.25) is 5.02 Å². The Bertz CT molecular complexity index is 1030. The second-order valence-electron chi connectivity index (χ2n) is 8.39. The molecule has 2 aliphatic heterocycles. The molecule has 2 fully saturated rings. The molecule has 0 spiro atoms. The van der Waals surface area contributed by atoms with E-state index in [0.29, 0.717) is 31.7 Å². The van der Waals surface area contributed by atoms with E-state index in [-0.39, 0.29) is 15.8 Å². The van der Waals surface area contributed by atoms with Crippen LogP contribution in [-0.4, -0.2) is 72.7 Å². The molecule has 3 heterocycles. The molecular formula is C23H29ClN4O3S. The lowest BCUT2D eigenvalue weighted by Gasteiger charge is -2.35. The molecule has 32 heavy (non-hydrogen) atoms. The van der Waals surface area contributed by atoms with Crippen LogP contribution < -0.4 is 0 Å². The van der Waals surface area contributed by atoms with Crippen molar-refractivity contribution in [1.82, 2.24) is 19.1 Å². The van der Waals surface area contributed by atoms with E-state index in [0.717, 1.165) is 45.3 Å². The zero-order valence-electron chi connectivity index (χ0n) is 18.1. The van der Waals surface area contributed by atoms with E-state index in [4.69, 9.17) is 11.6 Å². The van der Waals surface area contributed by atoms with Crippen LogP contribution in [0.4, 0.5) is 0 Å². The van der Waals surface area contributed by atoms with Gasteiger partial charge in [-0.3, -0.25) is 14.7 Å². The quantitative estimate of drug-likeness (QED) is 0.662. The van der Waals surface area contributed by atoms with Gasteiger partial charge < -0.3 is 4.90 Å². The van der Waals surface area contributed by atoms with Crippen molar-refractivity contribution in [1.29, 1.82) is 0 Å². The van der Waals surface area contributed by atoms with Crippen molar-refractivity contribution in [3.63, 3.8) is 0 Å². The highest BCUT2D eigenvalue weighted by Crippen LogP contribution is 2.28. The predicted molar refractivity (Wildman–Crippen MR) is 124 cm³/mol. The minimum atomic E-state index is -3.73. The highest BCUT2D eigenvalue weighted by Gasteiger charge is 2.29. The van der Waals surface area contributed by atoms with Gasteiger partial charge in [0.25, 0.3) is 5.91 Å². The zero-order chi connectivity index (χ0) is 22.6. The van der Waals surface area contributed by atoms with Crippen molar-refractivity contribution in [2.45, 2.75) is 37.1 Å². The molecule has 0 saturated carbocycles. The fourth-order valence-electron chi connectivity index (χ4n) is 4.29. The first-order chi connectivity index (χ1) is 15.4. The molecule has 0 unspecified atom stereocenters. The molecule has 1 aromatic carbocycles. The first kappa shape index (κ1) is 23.2. The smallest absolute Gasteiger partial charge is 0.253 e. The molecule has 1 amide bonds. The number of carbonyl (C=O) groups is 1. The Labute approximate surface area is 195 Å². The Hall–Kier alpha value is -2.00. The number of halogens is 1. The van der Waals surface area contributed by atoms with Crippen molar-refractivity contribution in [3.05, 3.63) is 58.9 Å². The molecule has 2 aromatic rings. The van der Waals surface area contributed by atoms with Crippen LogP contribution in [0, 0.1) is 0 Å². The Morgan fingerprint density at radius 2 is 1.56 bits per heavy atom. The number of hydrogen-bond donors (Lipinski definition) is 0. The molecule has 172 valence electrons. The molecule has 1 aromatic heterocycles. The molecule has 7 nitrogen and oxygen atoms in total. The zero-order valence-corrected chi connectivity index (χ0v) is 19.7. The van der Waals surface area contributed by atoms with Crippen LogP contribution in [0.25, 0.3) is 0 Å². The Kier molecular flexibility index (Phi) is 7.45. The number of amides is 1. The first-order valence-electron chi connectivity index (χ1n) is 11.2. The normalized spacial score (nSPS) is 19.0. The number of nitrogens with zero attached hydrogens (tertiary/aromatic N) is 4. The van der Waals surface area contributed by atoms with E-state index in [1.54, 1.807) is 23.4 Å². The van der Waals surface area contributed by atoms with E-state index in [2.05, 4.69) is 9.88 Å². The third-order valence-corrected chi connectivity index (χ3v) is 8.56. The summed E-state index contributed by atoms with van der Waals surface area (Å²) in [6.07, 6.45) is 7.33. The number of sulfonamides is 1. The highest BCUT2D eigenvalue weighted by molar-refractivity contribution is 7.89. The summed E-state index contributed by atoms with van der Waals surface area (Å²) in [5, 5.41) is 0.160. The molecule has 9 heteroatoms. The van der Waals surface area contributed by atoms with Gasteiger partial charge in [-0.25, -0.2) is 8.42 Å². The number of benzene rings is 1. The summed E-state index contributed by atoms with van der Waals surface area (Å²) in [4.78, 5) is 21.3. The molecule has 0 radical (unpaired) electrons. The SMILES string of the molecule is O=C(c1ccc(Cl)c(S(=O)(=O)N2CCCCCC2)c1)N1CCN(Cc2ccncc2)CC1. The predicted octanol–water partition coefficient (Wildman–Crippen LogP) is 3.26. The second-order valence-corrected chi connectivity index (χ2v) is 10.7. The lowest BCUT2D eigenvalue weighted by Crippen LogP contribution is -2.48. The maximum Gasteiger partial charge on any atom is 0.253 e. The third kappa shape index (κ3) is 5.31. The monoisotopic (exact) mass is 476 g/mol. The van der Waals surface area contributed by atoms with E-state index in [9.17, 15) is 13.2 Å². The fraction of sp³-hybridized carbons (Fsp3) is 0.478. The Morgan fingerprint density at radius 1 is 0.906 bits per heavy atom. The molecule has 2 aliphatic rings. The molecular weight excluding hydrogens is 448 g/mol. The molecule has 0 N–H and O–H groups in total. The van der Waals surface area contributed by atoms with Crippen molar-refractivity contribution in [3.8, 4) is 0 Å². The highest BCUT2D eigenvalue weighted by atomic mass is 35.5. The molecule has 2 saturated heterocycles. The fourth-order valence-corrected chi connectivity index (χ4v) is 6.31. The standard InChI is InChI=1S/C23H29ClN4O3S/c24-21-6-5-20(17-22(21)32(30,31)28-11-3-1-2-4-12-28)23(29)27-15-13-26(14-16-27)18-19-7-9-25-10-8-19/h5-10,17H,1-4,11-16,18H2. The van der Waals surface area contributed by atoms with Crippen molar-refractivity contribution < 1.29 is 13.2 Å². The second kappa shape index (κ2) is 10.3. The Morgan fingerprint density at radius 3 is 2.22 bits per heavy atom. The molecule has 4 rings (SSSR count). The lowest BCUT2D eigenvalue weighted by atomic mass is 10.1. The van der Waals surface area contributed by atoms with Crippen molar-refractivity contribution in [2.75, 3.05) is 39.3 Å². The minimum Gasteiger partial charge on any atom is -0.336 e. The summed E-state index contributed by atoms with van der Waals surface area (Å²) < 4.78 is 28.0. The largest absolute Gasteiger partial charge is 0.336 e. The van der Waals surface area contributed by atoms with Gasteiger partial charge in [-0.05, 0) is 48.7 Å². The third-order valence-electron chi connectivity index (χ3n) is 6.18. The van der Waals surface area contributed by atoms with Crippen LogP contribution in [0.1, 0.15) is 41.6 Å². The molecule has 0 atom stereocenters. The van der Waals surface area contributed by atoms with Crippen molar-refractivity contribution in [2.24, 2.45) is 0 Å². The maximum atomic E-state index is 13.2. The van der Waals surface area contributed by atoms with E-state index in [1.165, 1.54) is 22.0 Å². The number of rotatable bonds is 5. The maximum absolute atomic E-state index is 13.2. The molecule has 0 bridgehead atoms. The lowest BCUT2D eigenvalue weighted by molar-refractivity contribution is 0.0628. The van der Waals surface area contributed by atoms with Crippen LogP contribution >= 0.6 is 11.6 Å². The number of hydrogen-bond acceptors (Lipinski definition) is 5. The summed E-state index contributed by atoms with van der Waals surface area (Å²) in [5.74, 6) is -0.155. The van der Waals surface area contributed by atoms with Gasteiger partial charge in [-0.2, -0.15) is 4.31 Å². The van der Waals surface area contributed by atoms with Crippen LogP contribution in [-0.2, 0) is 16.6 Å². The van der Waals surface area contributed by atoms with E-state index < -0.39 is 10.0 Å². The van der Waals surface area contributed by atoms with Gasteiger partial charge >= 0.3 is 0 Å². The summed E-state index contributed by atoms with van der Waals surface area (Å²) in [6.45, 7) is 4.54. The van der Waals surface area contributed by atoms with Gasteiger partial charge in [0, 0.05) is 63.8 Å². The van der Waals surface area contributed by atoms with E-state index in [1.807, 2.05) is 12.1 Å². The summed E-state index contributed by atoms with van der Waals surface area (Å²) in [6, 6.07) is 8.60. The van der Waals surface area contributed by atoms with Gasteiger partial charge in [0.05, 0.1) is 5.02 Å². The minimum absolute atomic E-state index is 0.0308. The number of carbonyl (C=O) groups excluding carboxylic acids is 1. The van der Waals surface area contributed by atoms with Crippen LogP contribution in [0.15, 0.2) is 47.6 Å².